The van der Waals surface area contributed by atoms with E-state index < -0.39 is 5.97 Å². The van der Waals surface area contributed by atoms with Crippen LogP contribution in [-0.4, -0.2) is 16.1 Å². The number of hydrogen-bond donors (Lipinski definition) is 2. The van der Waals surface area contributed by atoms with Crippen molar-refractivity contribution < 1.29 is 14.3 Å². The smallest absolute Gasteiger partial charge is 0.373 e. The van der Waals surface area contributed by atoms with Gasteiger partial charge < -0.3 is 15.3 Å². The van der Waals surface area contributed by atoms with Crippen LogP contribution in [0.15, 0.2) is 10.6 Å². The van der Waals surface area contributed by atoms with Crippen LogP contribution in [0.25, 0.3) is 0 Å². The molecule has 3 N–H and O–H groups in total. The Bertz CT molecular complexity index is 320. The van der Waals surface area contributed by atoms with E-state index in [1.54, 1.807) is 0 Å². The third kappa shape index (κ3) is 2.56. The topological polar surface area (TPSA) is 89.3 Å². The molecule has 0 fully saturated rings. The van der Waals surface area contributed by atoms with Gasteiger partial charge in [-0.1, -0.05) is 13.8 Å². The van der Waals surface area contributed by atoms with Crippen LogP contribution < -0.4 is 5.73 Å². The minimum absolute atomic E-state index is 0.167. The van der Waals surface area contributed by atoms with E-state index in [1.807, 2.05) is 13.8 Å². The Balaban J connectivity index is 2.71. The molecule has 1 atom stereocenters. The van der Waals surface area contributed by atoms with Gasteiger partial charge in [0.15, 0.2) is 0 Å². The monoisotopic (exact) mass is 198 g/mol. The quantitative estimate of drug-likeness (QED) is 0.763. The van der Waals surface area contributed by atoms with Gasteiger partial charge >= 0.3 is 5.97 Å². The summed E-state index contributed by atoms with van der Waals surface area (Å²) in [6, 6.07) is -0.330. The number of rotatable bonds is 4. The Labute approximate surface area is 81.9 Å². The number of carboxylic acid groups (broad SMARTS) is 1. The summed E-state index contributed by atoms with van der Waals surface area (Å²) < 4.78 is 4.97. The summed E-state index contributed by atoms with van der Waals surface area (Å²) in [5.74, 6) is -0.582. The van der Waals surface area contributed by atoms with Gasteiger partial charge in [0.1, 0.15) is 0 Å². The molecular weight excluding hydrogens is 184 g/mol. The van der Waals surface area contributed by atoms with Crippen molar-refractivity contribution >= 4 is 5.97 Å². The molecule has 0 amide bonds. The fourth-order valence-electron chi connectivity index (χ4n) is 1.17. The molecule has 0 spiro atoms. The van der Waals surface area contributed by atoms with E-state index in [4.69, 9.17) is 15.3 Å². The lowest BCUT2D eigenvalue weighted by Crippen LogP contribution is -2.13. The molecule has 0 aliphatic carbocycles. The Morgan fingerprint density at radius 2 is 2.36 bits per heavy atom. The molecule has 0 saturated carbocycles. The predicted octanol–water partition coefficient (Wildman–Crippen LogP) is 1.42. The lowest BCUT2D eigenvalue weighted by Gasteiger charge is -2.09. The van der Waals surface area contributed by atoms with Gasteiger partial charge in [0.05, 0.1) is 12.2 Å². The zero-order valence-corrected chi connectivity index (χ0v) is 8.23. The Morgan fingerprint density at radius 3 is 2.79 bits per heavy atom. The summed E-state index contributed by atoms with van der Waals surface area (Å²) in [5, 5.41) is 8.59. The summed E-state index contributed by atoms with van der Waals surface area (Å²) in [7, 11) is 0. The minimum atomic E-state index is -1.12. The van der Waals surface area contributed by atoms with Gasteiger partial charge in [-0.15, -0.1) is 0 Å². The number of aromatic nitrogens is 1. The minimum Gasteiger partial charge on any atom is -0.475 e. The van der Waals surface area contributed by atoms with Gasteiger partial charge in [-0.25, -0.2) is 9.78 Å². The molecule has 0 aliphatic heterocycles. The largest absolute Gasteiger partial charge is 0.475 e. The maximum absolute atomic E-state index is 10.5. The maximum Gasteiger partial charge on any atom is 0.373 e. The number of hydrogen-bond acceptors (Lipinski definition) is 4. The number of aromatic carboxylic acids is 1. The van der Waals surface area contributed by atoms with Gasteiger partial charge in [-0.05, 0) is 12.3 Å². The Hall–Kier alpha value is -1.36. The molecule has 78 valence electrons. The molecule has 5 heteroatoms. The average molecular weight is 198 g/mol. The highest BCUT2D eigenvalue weighted by molar-refractivity contribution is 5.83. The molecule has 0 radical (unpaired) electrons. The van der Waals surface area contributed by atoms with E-state index in [1.165, 1.54) is 6.20 Å². The second-order valence-electron chi connectivity index (χ2n) is 3.60. The van der Waals surface area contributed by atoms with Crippen LogP contribution in [0, 0.1) is 5.92 Å². The standard InChI is InChI=1S/C9H14N2O3/c1-5(2)3-6(10)8-11-4-7(14-8)9(12)13/h4-6H,3,10H2,1-2H3,(H,12,13)/t6-/m1/s1. The maximum atomic E-state index is 10.5. The molecule has 0 aliphatic rings. The molecule has 1 rings (SSSR count). The highest BCUT2D eigenvalue weighted by Crippen LogP contribution is 2.18. The van der Waals surface area contributed by atoms with Gasteiger partial charge in [0.25, 0.3) is 0 Å². The van der Waals surface area contributed by atoms with Crippen LogP contribution in [0.4, 0.5) is 0 Å². The lowest BCUT2D eigenvalue weighted by molar-refractivity contribution is 0.0659. The fraction of sp³-hybridized carbons (Fsp3) is 0.556. The fourth-order valence-corrected chi connectivity index (χ4v) is 1.17. The molecule has 1 aromatic rings. The van der Waals surface area contributed by atoms with E-state index in [9.17, 15) is 4.79 Å². The summed E-state index contributed by atoms with van der Waals surface area (Å²) in [6.07, 6.45) is 1.90. The first-order chi connectivity index (χ1) is 6.50. The van der Waals surface area contributed by atoms with Crippen LogP contribution in [-0.2, 0) is 0 Å². The third-order valence-corrected chi connectivity index (χ3v) is 1.78. The van der Waals surface area contributed by atoms with E-state index >= 15 is 0 Å². The number of nitrogens with zero attached hydrogens (tertiary/aromatic N) is 1. The number of oxazole rings is 1. The molecule has 0 bridgehead atoms. The van der Waals surface area contributed by atoms with E-state index in [-0.39, 0.29) is 17.7 Å². The van der Waals surface area contributed by atoms with Crippen molar-refractivity contribution in [2.45, 2.75) is 26.3 Å². The zero-order chi connectivity index (χ0) is 10.7. The van der Waals surface area contributed by atoms with E-state index in [0.717, 1.165) is 6.42 Å². The van der Waals surface area contributed by atoms with Crippen LogP contribution >= 0.6 is 0 Å². The normalized spacial score (nSPS) is 13.1. The lowest BCUT2D eigenvalue weighted by atomic mass is 10.0. The summed E-state index contributed by atoms with van der Waals surface area (Å²) in [6.45, 7) is 4.06. The van der Waals surface area contributed by atoms with Crippen molar-refractivity contribution in [3.63, 3.8) is 0 Å². The summed E-state index contributed by atoms with van der Waals surface area (Å²) >= 11 is 0. The van der Waals surface area contributed by atoms with E-state index in [0.29, 0.717) is 5.92 Å². The molecule has 1 aromatic heterocycles. The predicted molar refractivity (Wildman–Crippen MR) is 49.8 cm³/mol. The summed E-state index contributed by atoms with van der Waals surface area (Å²) in [5.41, 5.74) is 5.76. The Kier molecular flexibility index (Phi) is 3.24. The first-order valence-electron chi connectivity index (χ1n) is 4.45. The van der Waals surface area contributed by atoms with Crippen LogP contribution in [0.5, 0.6) is 0 Å². The summed E-state index contributed by atoms with van der Waals surface area (Å²) in [4.78, 5) is 14.3. The Morgan fingerprint density at radius 1 is 1.71 bits per heavy atom. The number of carbonyl (C=O) groups is 1. The van der Waals surface area contributed by atoms with Crippen LogP contribution in [0.3, 0.4) is 0 Å². The van der Waals surface area contributed by atoms with E-state index in [2.05, 4.69) is 4.98 Å². The third-order valence-electron chi connectivity index (χ3n) is 1.78. The molecule has 1 heterocycles. The molecule has 0 saturated heterocycles. The number of carboxylic acids is 1. The molecule has 5 nitrogen and oxygen atoms in total. The zero-order valence-electron chi connectivity index (χ0n) is 8.23. The van der Waals surface area contributed by atoms with Crippen molar-refractivity contribution in [2.24, 2.45) is 11.7 Å². The van der Waals surface area contributed by atoms with Crippen molar-refractivity contribution in [3.05, 3.63) is 17.8 Å². The first-order valence-corrected chi connectivity index (χ1v) is 4.45. The number of nitrogens with two attached hydrogens (primary N) is 1. The van der Waals surface area contributed by atoms with Gasteiger partial charge in [-0.3, -0.25) is 0 Å². The van der Waals surface area contributed by atoms with Crippen molar-refractivity contribution in [3.8, 4) is 0 Å². The molecule has 0 aromatic carbocycles. The van der Waals surface area contributed by atoms with Gasteiger partial charge in [0.2, 0.25) is 11.7 Å². The first kappa shape index (κ1) is 10.7. The SMILES string of the molecule is CC(C)C[C@@H](N)c1ncc(C(=O)O)o1. The molecule has 0 unspecified atom stereocenters. The van der Waals surface area contributed by atoms with Crippen LogP contribution in [0.2, 0.25) is 0 Å². The molecular formula is C9H14N2O3. The van der Waals surface area contributed by atoms with Crippen LogP contribution in [0.1, 0.15) is 42.8 Å². The highest BCUT2D eigenvalue weighted by Gasteiger charge is 2.16. The molecule has 14 heavy (non-hydrogen) atoms. The van der Waals surface area contributed by atoms with Crippen molar-refractivity contribution in [2.75, 3.05) is 0 Å². The highest BCUT2D eigenvalue weighted by atomic mass is 16.4. The second kappa shape index (κ2) is 4.23. The van der Waals surface area contributed by atoms with Gasteiger partial charge in [0, 0.05) is 0 Å². The van der Waals surface area contributed by atoms with Gasteiger partial charge in [-0.2, -0.15) is 0 Å². The second-order valence-corrected chi connectivity index (χ2v) is 3.60. The van der Waals surface area contributed by atoms with Crippen molar-refractivity contribution in [1.82, 2.24) is 4.98 Å². The average Bonchev–Trinajstić information content (AvgIpc) is 2.50. The van der Waals surface area contributed by atoms with Crippen molar-refractivity contribution in [1.29, 1.82) is 0 Å².